The molecule has 104 valence electrons. The fraction of sp³-hybridized carbons (Fsp3) is 0.333. The van der Waals surface area contributed by atoms with Crippen LogP contribution in [0.1, 0.15) is 34.5 Å². The van der Waals surface area contributed by atoms with E-state index in [0.717, 1.165) is 36.9 Å². The lowest BCUT2D eigenvalue weighted by atomic mass is 9.93. The van der Waals surface area contributed by atoms with Crippen LogP contribution in [0.2, 0.25) is 0 Å². The summed E-state index contributed by atoms with van der Waals surface area (Å²) >= 11 is 0. The molecule has 1 aromatic carbocycles. The minimum atomic E-state index is -0.542. The van der Waals surface area contributed by atoms with Crippen LogP contribution in [-0.2, 0) is 17.6 Å². The number of rotatable bonds is 2. The molecule has 0 aliphatic heterocycles. The number of halogens is 1. The number of nitrogens with one attached hydrogen (secondary N) is 1. The van der Waals surface area contributed by atoms with Gasteiger partial charge in [-0.1, -0.05) is 0 Å². The van der Waals surface area contributed by atoms with Gasteiger partial charge < -0.3 is 4.74 Å². The number of benzene rings is 1. The zero-order valence-electron chi connectivity index (χ0n) is 11.2. The highest BCUT2D eigenvalue weighted by Gasteiger charge is 2.20. The molecule has 20 heavy (non-hydrogen) atoms. The summed E-state index contributed by atoms with van der Waals surface area (Å²) in [7, 11) is 1.28. The third kappa shape index (κ3) is 2.09. The van der Waals surface area contributed by atoms with Gasteiger partial charge in [-0.15, -0.1) is 0 Å². The summed E-state index contributed by atoms with van der Waals surface area (Å²) in [6, 6.07) is 4.35. The molecule has 2 aromatic rings. The van der Waals surface area contributed by atoms with Gasteiger partial charge in [0.05, 0.1) is 18.4 Å². The van der Waals surface area contributed by atoms with Crippen molar-refractivity contribution in [3.05, 3.63) is 40.8 Å². The standard InChI is InChI=1S/C15H15FN2O2/c1-20-15(19)9-6-7-10(12(16)8-9)14-11-4-2-3-5-13(11)17-18-14/h6-8H,2-5H2,1H3,(H,17,18). The van der Waals surface area contributed by atoms with Crippen LogP contribution in [0.5, 0.6) is 0 Å². The van der Waals surface area contributed by atoms with Gasteiger partial charge in [-0.2, -0.15) is 5.10 Å². The SMILES string of the molecule is COC(=O)c1ccc(-c2n[nH]c3c2CCCC3)c(F)c1. The molecule has 0 bridgehead atoms. The van der Waals surface area contributed by atoms with E-state index in [1.54, 1.807) is 12.1 Å². The predicted octanol–water partition coefficient (Wildman–Crippen LogP) is 2.88. The second-order valence-corrected chi connectivity index (χ2v) is 4.92. The number of carbonyl (C=O) groups excluding carboxylic acids is 1. The predicted molar refractivity (Wildman–Crippen MR) is 72.0 cm³/mol. The Labute approximate surface area is 116 Å². The Balaban J connectivity index is 2.02. The molecule has 1 N–H and O–H groups in total. The summed E-state index contributed by atoms with van der Waals surface area (Å²) in [4.78, 5) is 11.4. The Morgan fingerprint density at radius 3 is 2.90 bits per heavy atom. The highest BCUT2D eigenvalue weighted by atomic mass is 19.1. The first-order chi connectivity index (χ1) is 9.70. The van der Waals surface area contributed by atoms with Crippen LogP contribution in [0.25, 0.3) is 11.3 Å². The quantitative estimate of drug-likeness (QED) is 0.857. The van der Waals surface area contributed by atoms with E-state index in [0.29, 0.717) is 11.3 Å². The number of esters is 1. The molecule has 0 fully saturated rings. The first-order valence-corrected chi connectivity index (χ1v) is 6.65. The van der Waals surface area contributed by atoms with Crippen LogP contribution >= 0.6 is 0 Å². The average Bonchev–Trinajstić information content (AvgIpc) is 2.90. The lowest BCUT2D eigenvalue weighted by Crippen LogP contribution is -2.03. The van der Waals surface area contributed by atoms with E-state index in [2.05, 4.69) is 14.9 Å². The first-order valence-electron chi connectivity index (χ1n) is 6.65. The number of methoxy groups -OCH3 is 1. The summed E-state index contributed by atoms with van der Waals surface area (Å²) in [6.45, 7) is 0. The van der Waals surface area contributed by atoms with Crippen LogP contribution in [0.4, 0.5) is 4.39 Å². The van der Waals surface area contributed by atoms with Gasteiger partial charge in [0.25, 0.3) is 0 Å². The van der Waals surface area contributed by atoms with Crippen molar-refractivity contribution < 1.29 is 13.9 Å². The van der Waals surface area contributed by atoms with Crippen molar-refractivity contribution in [3.8, 4) is 11.3 Å². The Hall–Kier alpha value is -2.17. The average molecular weight is 274 g/mol. The number of aromatic nitrogens is 2. The number of nitrogens with zero attached hydrogens (tertiary/aromatic N) is 1. The van der Waals surface area contributed by atoms with Crippen LogP contribution in [0.15, 0.2) is 18.2 Å². The Bertz CT molecular complexity index is 664. The number of aryl methyl sites for hydroxylation is 1. The van der Waals surface area contributed by atoms with Crippen molar-refractivity contribution in [1.82, 2.24) is 10.2 Å². The summed E-state index contributed by atoms with van der Waals surface area (Å²) in [5.41, 5.74) is 3.49. The van der Waals surface area contributed by atoms with Gasteiger partial charge in [0.1, 0.15) is 5.82 Å². The summed E-state index contributed by atoms with van der Waals surface area (Å²) in [5.74, 6) is -0.993. The largest absolute Gasteiger partial charge is 0.465 e. The minimum Gasteiger partial charge on any atom is -0.465 e. The van der Waals surface area contributed by atoms with Crippen LogP contribution < -0.4 is 0 Å². The zero-order valence-corrected chi connectivity index (χ0v) is 11.2. The number of carbonyl (C=O) groups is 1. The maximum atomic E-state index is 14.2. The van der Waals surface area contributed by atoms with E-state index in [4.69, 9.17) is 0 Å². The number of hydrogen-bond donors (Lipinski definition) is 1. The number of aromatic amines is 1. The van der Waals surface area contributed by atoms with Crippen LogP contribution in [0, 0.1) is 5.82 Å². The van der Waals surface area contributed by atoms with Gasteiger partial charge in [-0.25, -0.2) is 9.18 Å². The van der Waals surface area contributed by atoms with Gasteiger partial charge in [-0.3, -0.25) is 5.10 Å². The third-order valence-electron chi connectivity index (χ3n) is 3.70. The van der Waals surface area contributed by atoms with E-state index < -0.39 is 11.8 Å². The number of fused-ring (bicyclic) bond motifs is 1. The molecule has 1 aliphatic rings. The Morgan fingerprint density at radius 2 is 2.15 bits per heavy atom. The van der Waals surface area contributed by atoms with Crippen molar-refractivity contribution in [1.29, 1.82) is 0 Å². The summed E-state index contributed by atoms with van der Waals surface area (Å²) in [6.07, 6.45) is 4.11. The molecule has 1 aromatic heterocycles. The molecule has 4 nitrogen and oxygen atoms in total. The van der Waals surface area contributed by atoms with Crippen molar-refractivity contribution in [2.24, 2.45) is 0 Å². The van der Waals surface area contributed by atoms with Crippen molar-refractivity contribution in [2.75, 3.05) is 7.11 Å². The van der Waals surface area contributed by atoms with E-state index in [1.807, 2.05) is 0 Å². The smallest absolute Gasteiger partial charge is 0.337 e. The molecule has 0 amide bonds. The number of ether oxygens (including phenoxy) is 1. The normalized spacial score (nSPS) is 13.9. The molecule has 1 heterocycles. The highest BCUT2D eigenvalue weighted by Crippen LogP contribution is 2.31. The van der Waals surface area contributed by atoms with E-state index in [-0.39, 0.29) is 5.56 Å². The second-order valence-electron chi connectivity index (χ2n) is 4.92. The Kier molecular flexibility index (Phi) is 3.26. The number of hydrogen-bond acceptors (Lipinski definition) is 3. The number of H-pyrrole nitrogens is 1. The van der Waals surface area contributed by atoms with E-state index >= 15 is 0 Å². The van der Waals surface area contributed by atoms with Crippen molar-refractivity contribution in [2.45, 2.75) is 25.7 Å². The molecular weight excluding hydrogens is 259 g/mol. The first kappa shape index (κ1) is 12.8. The van der Waals surface area contributed by atoms with Crippen LogP contribution in [0.3, 0.4) is 0 Å². The molecule has 0 radical (unpaired) electrons. The third-order valence-corrected chi connectivity index (χ3v) is 3.70. The lowest BCUT2D eigenvalue weighted by Gasteiger charge is -2.11. The van der Waals surface area contributed by atoms with E-state index in [1.165, 1.54) is 13.2 Å². The van der Waals surface area contributed by atoms with Crippen LogP contribution in [-0.4, -0.2) is 23.3 Å². The molecule has 1 aliphatic carbocycles. The fourth-order valence-corrected chi connectivity index (χ4v) is 2.66. The highest BCUT2D eigenvalue weighted by molar-refractivity contribution is 5.90. The summed E-state index contributed by atoms with van der Waals surface area (Å²) in [5, 5.41) is 7.23. The Morgan fingerprint density at radius 1 is 1.35 bits per heavy atom. The van der Waals surface area contributed by atoms with Crippen molar-refractivity contribution >= 4 is 5.97 Å². The molecule has 5 heteroatoms. The zero-order chi connectivity index (χ0) is 14.1. The van der Waals surface area contributed by atoms with Gasteiger partial charge in [-0.05, 0) is 43.9 Å². The maximum Gasteiger partial charge on any atom is 0.337 e. The topological polar surface area (TPSA) is 55.0 Å². The summed E-state index contributed by atoms with van der Waals surface area (Å²) < 4.78 is 18.8. The second kappa shape index (κ2) is 5.07. The molecule has 0 saturated heterocycles. The fourth-order valence-electron chi connectivity index (χ4n) is 2.66. The monoisotopic (exact) mass is 274 g/mol. The molecule has 0 saturated carbocycles. The van der Waals surface area contributed by atoms with E-state index in [9.17, 15) is 9.18 Å². The van der Waals surface area contributed by atoms with Gasteiger partial charge in [0.2, 0.25) is 0 Å². The molecule has 0 unspecified atom stereocenters. The molecular formula is C15H15FN2O2. The lowest BCUT2D eigenvalue weighted by molar-refractivity contribution is 0.0600. The maximum absolute atomic E-state index is 14.2. The van der Waals surface area contributed by atoms with Gasteiger partial charge >= 0.3 is 5.97 Å². The van der Waals surface area contributed by atoms with Gasteiger partial charge in [0, 0.05) is 16.8 Å². The molecule has 3 rings (SSSR count). The molecule has 0 atom stereocenters. The molecule has 0 spiro atoms. The van der Waals surface area contributed by atoms with Gasteiger partial charge in [0.15, 0.2) is 0 Å². The van der Waals surface area contributed by atoms with Crippen molar-refractivity contribution in [3.63, 3.8) is 0 Å². The minimum absolute atomic E-state index is 0.207.